The van der Waals surface area contributed by atoms with E-state index in [2.05, 4.69) is 21.2 Å². The number of hydrogen-bond acceptors (Lipinski definition) is 4. The van der Waals surface area contributed by atoms with Crippen LogP contribution in [0.5, 0.6) is 5.75 Å². The minimum absolute atomic E-state index is 0.0238. The zero-order valence-electron chi connectivity index (χ0n) is 15.0. The topological polar surface area (TPSA) is 44.8 Å². The normalized spacial score (nSPS) is 14.9. The highest BCUT2D eigenvalue weighted by atomic mass is 35.5. The molecule has 1 amide bonds. The summed E-state index contributed by atoms with van der Waals surface area (Å²) in [4.78, 5) is 16.7. The van der Waals surface area contributed by atoms with E-state index < -0.39 is 0 Å². The monoisotopic (exact) mass is 373 g/mol. The first-order valence-electron chi connectivity index (χ1n) is 8.78. The van der Waals surface area contributed by atoms with E-state index in [1.807, 2.05) is 42.5 Å². The Morgan fingerprint density at radius 2 is 1.77 bits per heavy atom. The number of halogens is 1. The van der Waals surface area contributed by atoms with Crippen LogP contribution in [-0.4, -0.2) is 50.6 Å². The van der Waals surface area contributed by atoms with Crippen LogP contribution in [0.2, 0.25) is 5.02 Å². The lowest BCUT2D eigenvalue weighted by Crippen LogP contribution is -2.49. The molecule has 1 aliphatic heterocycles. The molecule has 6 heteroatoms. The maximum atomic E-state index is 12.2. The van der Waals surface area contributed by atoms with Crippen molar-refractivity contribution >= 4 is 23.2 Å². The molecule has 3 rings (SSSR count). The average molecular weight is 374 g/mol. The van der Waals surface area contributed by atoms with Gasteiger partial charge >= 0.3 is 0 Å². The molecule has 0 unspecified atom stereocenters. The van der Waals surface area contributed by atoms with Gasteiger partial charge in [0.1, 0.15) is 5.75 Å². The SMILES string of the molecule is COc1ccccc1N1CCN(CC(=O)NCc2ccccc2Cl)CC1. The minimum Gasteiger partial charge on any atom is -0.495 e. The number of amides is 1. The molecular formula is C20H24ClN3O2. The molecule has 1 N–H and O–H groups in total. The first-order chi connectivity index (χ1) is 12.7. The number of benzene rings is 2. The Balaban J connectivity index is 1.46. The van der Waals surface area contributed by atoms with Gasteiger partial charge in [-0.25, -0.2) is 0 Å². The van der Waals surface area contributed by atoms with Gasteiger partial charge in [-0.05, 0) is 23.8 Å². The molecular weight excluding hydrogens is 350 g/mol. The summed E-state index contributed by atoms with van der Waals surface area (Å²) in [6.07, 6.45) is 0. The molecule has 138 valence electrons. The summed E-state index contributed by atoms with van der Waals surface area (Å²) in [7, 11) is 1.69. The summed E-state index contributed by atoms with van der Waals surface area (Å²) in [5.74, 6) is 0.911. The summed E-state index contributed by atoms with van der Waals surface area (Å²) in [5.41, 5.74) is 2.04. The van der Waals surface area contributed by atoms with Crippen LogP contribution in [0.15, 0.2) is 48.5 Å². The maximum Gasteiger partial charge on any atom is 0.234 e. The summed E-state index contributed by atoms with van der Waals surface area (Å²) in [6, 6.07) is 15.6. The van der Waals surface area contributed by atoms with Gasteiger partial charge < -0.3 is 15.0 Å². The first-order valence-corrected chi connectivity index (χ1v) is 9.15. The lowest BCUT2D eigenvalue weighted by atomic mass is 10.2. The standard InChI is InChI=1S/C20H24ClN3O2/c1-26-19-9-5-4-8-18(19)24-12-10-23(11-13-24)15-20(25)22-14-16-6-2-3-7-17(16)21/h2-9H,10-15H2,1H3,(H,22,25). The third-order valence-electron chi connectivity index (χ3n) is 4.60. The second-order valence-electron chi connectivity index (χ2n) is 6.30. The highest BCUT2D eigenvalue weighted by molar-refractivity contribution is 6.31. The molecule has 5 nitrogen and oxygen atoms in total. The second-order valence-corrected chi connectivity index (χ2v) is 6.71. The van der Waals surface area contributed by atoms with Gasteiger partial charge in [0.15, 0.2) is 0 Å². The van der Waals surface area contributed by atoms with Crippen molar-refractivity contribution in [2.45, 2.75) is 6.54 Å². The number of ether oxygens (including phenoxy) is 1. The second kappa shape index (κ2) is 8.92. The molecule has 1 aliphatic rings. The van der Waals surface area contributed by atoms with Crippen LogP contribution in [0.4, 0.5) is 5.69 Å². The molecule has 1 fully saturated rings. The van der Waals surface area contributed by atoms with E-state index >= 15 is 0 Å². The van der Waals surface area contributed by atoms with Crippen LogP contribution in [0, 0.1) is 0 Å². The highest BCUT2D eigenvalue weighted by Gasteiger charge is 2.21. The van der Waals surface area contributed by atoms with E-state index in [9.17, 15) is 4.79 Å². The lowest BCUT2D eigenvalue weighted by Gasteiger charge is -2.36. The number of rotatable bonds is 6. The van der Waals surface area contributed by atoms with Crippen molar-refractivity contribution in [3.05, 3.63) is 59.1 Å². The third kappa shape index (κ3) is 4.68. The number of para-hydroxylation sites is 2. The van der Waals surface area contributed by atoms with E-state index in [4.69, 9.17) is 16.3 Å². The summed E-state index contributed by atoms with van der Waals surface area (Å²) in [5, 5.41) is 3.63. The Morgan fingerprint density at radius 3 is 2.50 bits per heavy atom. The fourth-order valence-electron chi connectivity index (χ4n) is 3.13. The van der Waals surface area contributed by atoms with Gasteiger partial charge in [-0.3, -0.25) is 9.69 Å². The molecule has 0 saturated carbocycles. The Kier molecular flexibility index (Phi) is 6.36. The van der Waals surface area contributed by atoms with Gasteiger partial charge in [0.2, 0.25) is 5.91 Å². The molecule has 0 aliphatic carbocycles. The summed E-state index contributed by atoms with van der Waals surface area (Å²) >= 11 is 6.12. The molecule has 0 bridgehead atoms. The van der Waals surface area contributed by atoms with Crippen molar-refractivity contribution < 1.29 is 9.53 Å². The van der Waals surface area contributed by atoms with E-state index in [1.54, 1.807) is 7.11 Å². The zero-order valence-corrected chi connectivity index (χ0v) is 15.7. The van der Waals surface area contributed by atoms with E-state index in [0.29, 0.717) is 18.1 Å². The van der Waals surface area contributed by atoms with Crippen LogP contribution in [0.25, 0.3) is 0 Å². The highest BCUT2D eigenvalue weighted by Crippen LogP contribution is 2.28. The number of nitrogens with zero attached hydrogens (tertiary/aromatic N) is 2. The quantitative estimate of drug-likeness (QED) is 0.845. The number of anilines is 1. The summed E-state index contributed by atoms with van der Waals surface area (Å²) < 4.78 is 5.44. The van der Waals surface area contributed by atoms with E-state index in [1.165, 1.54) is 0 Å². The molecule has 0 radical (unpaired) electrons. The van der Waals surface area contributed by atoms with Crippen molar-refractivity contribution in [3.8, 4) is 5.75 Å². The first kappa shape index (κ1) is 18.5. The fraction of sp³-hybridized carbons (Fsp3) is 0.350. The number of carbonyl (C=O) groups is 1. The maximum absolute atomic E-state index is 12.2. The van der Waals surface area contributed by atoms with Crippen LogP contribution in [0.1, 0.15) is 5.56 Å². The van der Waals surface area contributed by atoms with Gasteiger partial charge in [-0.1, -0.05) is 41.9 Å². The minimum atomic E-state index is 0.0238. The van der Waals surface area contributed by atoms with Crippen LogP contribution >= 0.6 is 11.6 Å². The number of methoxy groups -OCH3 is 1. The largest absolute Gasteiger partial charge is 0.495 e. The average Bonchev–Trinajstić information content (AvgIpc) is 2.68. The van der Waals surface area contributed by atoms with Crippen molar-refractivity contribution in [1.82, 2.24) is 10.2 Å². The third-order valence-corrected chi connectivity index (χ3v) is 4.97. The van der Waals surface area contributed by atoms with Crippen molar-refractivity contribution in [2.75, 3.05) is 44.7 Å². The molecule has 1 heterocycles. The molecule has 2 aromatic carbocycles. The van der Waals surface area contributed by atoms with Gasteiger partial charge in [-0.15, -0.1) is 0 Å². The molecule has 0 spiro atoms. The number of piperazine rings is 1. The Hall–Kier alpha value is -2.24. The van der Waals surface area contributed by atoms with Gasteiger partial charge in [0.25, 0.3) is 0 Å². The van der Waals surface area contributed by atoms with Crippen LogP contribution < -0.4 is 15.0 Å². The van der Waals surface area contributed by atoms with E-state index in [0.717, 1.165) is 43.2 Å². The van der Waals surface area contributed by atoms with Crippen molar-refractivity contribution in [1.29, 1.82) is 0 Å². The number of nitrogens with one attached hydrogen (secondary N) is 1. The van der Waals surface area contributed by atoms with Crippen molar-refractivity contribution in [2.24, 2.45) is 0 Å². The van der Waals surface area contributed by atoms with Crippen molar-refractivity contribution in [3.63, 3.8) is 0 Å². The van der Waals surface area contributed by atoms with Gasteiger partial charge in [-0.2, -0.15) is 0 Å². The number of hydrogen-bond donors (Lipinski definition) is 1. The fourth-order valence-corrected chi connectivity index (χ4v) is 3.34. The Bertz CT molecular complexity index is 745. The predicted octanol–water partition coefficient (Wildman–Crippen LogP) is 2.79. The molecule has 0 atom stereocenters. The molecule has 1 saturated heterocycles. The van der Waals surface area contributed by atoms with Gasteiger partial charge in [0, 0.05) is 37.7 Å². The van der Waals surface area contributed by atoms with Gasteiger partial charge in [0.05, 0.1) is 19.3 Å². The smallest absolute Gasteiger partial charge is 0.234 e. The molecule has 2 aromatic rings. The lowest BCUT2D eigenvalue weighted by molar-refractivity contribution is -0.122. The van der Waals surface area contributed by atoms with Crippen LogP contribution in [0.3, 0.4) is 0 Å². The van der Waals surface area contributed by atoms with E-state index in [-0.39, 0.29) is 5.91 Å². The van der Waals surface area contributed by atoms with Crippen LogP contribution in [-0.2, 0) is 11.3 Å². The zero-order chi connectivity index (χ0) is 18.4. The Labute approximate surface area is 159 Å². The summed E-state index contributed by atoms with van der Waals surface area (Å²) in [6.45, 7) is 4.30. The Morgan fingerprint density at radius 1 is 1.08 bits per heavy atom. The predicted molar refractivity (Wildman–Crippen MR) is 105 cm³/mol. The molecule has 0 aromatic heterocycles. The molecule has 26 heavy (non-hydrogen) atoms. The number of carbonyl (C=O) groups excluding carboxylic acids is 1.